The third-order valence-electron chi connectivity index (χ3n) is 1.37. The third-order valence-corrected chi connectivity index (χ3v) is 1.37. The first-order valence-electron chi connectivity index (χ1n) is 3.75. The van der Waals surface area contributed by atoms with Crippen LogP contribution < -0.4 is 17.0 Å². The van der Waals surface area contributed by atoms with Crippen LogP contribution in [0.4, 0.5) is 0 Å². The summed E-state index contributed by atoms with van der Waals surface area (Å²) >= 11 is 0. The molecule has 0 fully saturated rings. The molecule has 1 aromatic rings. The predicted octanol–water partition coefficient (Wildman–Crippen LogP) is -1.75. The van der Waals surface area contributed by atoms with Crippen molar-refractivity contribution >= 4 is 0 Å². The number of aromatic nitrogens is 3. The van der Waals surface area contributed by atoms with Crippen LogP contribution in [-0.4, -0.2) is 15.0 Å². The van der Waals surface area contributed by atoms with Crippen molar-refractivity contribution in [1.82, 2.24) is 15.0 Å². The first-order valence-corrected chi connectivity index (χ1v) is 3.75. The molecule has 0 aromatic carbocycles. The lowest BCUT2D eigenvalue weighted by atomic mass is 10.3. The molecule has 3 nitrogen and oxygen atoms in total. The van der Waals surface area contributed by atoms with Crippen molar-refractivity contribution in [1.29, 1.82) is 0 Å². The maximum Gasteiger partial charge on any atom is 0.0827 e. The summed E-state index contributed by atoms with van der Waals surface area (Å²) in [7, 11) is 0. The van der Waals surface area contributed by atoms with Crippen molar-refractivity contribution in [2.24, 2.45) is 0 Å². The summed E-state index contributed by atoms with van der Waals surface area (Å²) in [5, 5.41) is 8.28. The lowest BCUT2D eigenvalue weighted by Crippen LogP contribution is -3.00. The van der Waals surface area contributed by atoms with Crippen molar-refractivity contribution in [2.75, 3.05) is 0 Å². The number of hydrogen-bond acceptors (Lipinski definition) is 2. The number of hydrogen-bond donors (Lipinski definition) is 0. The second-order valence-corrected chi connectivity index (χ2v) is 2.27. The summed E-state index contributed by atoms with van der Waals surface area (Å²) in [4.78, 5) is 1.71. The van der Waals surface area contributed by atoms with E-state index in [4.69, 9.17) is 0 Å². The molecule has 1 heterocycles. The molecular weight excluding hydrogens is 206 g/mol. The fourth-order valence-corrected chi connectivity index (χ4v) is 0.856. The third kappa shape index (κ3) is 3.01. The Bertz CT molecular complexity index is 197. The van der Waals surface area contributed by atoms with E-state index in [2.05, 4.69) is 17.1 Å². The van der Waals surface area contributed by atoms with Crippen molar-refractivity contribution in [2.45, 2.75) is 33.2 Å². The van der Waals surface area contributed by atoms with Gasteiger partial charge in [0.25, 0.3) is 0 Å². The van der Waals surface area contributed by atoms with Crippen LogP contribution in [0.25, 0.3) is 0 Å². The van der Waals surface area contributed by atoms with E-state index in [0.717, 1.165) is 25.1 Å². The molecule has 11 heavy (non-hydrogen) atoms. The van der Waals surface area contributed by atoms with Crippen molar-refractivity contribution in [3.63, 3.8) is 0 Å². The van der Waals surface area contributed by atoms with E-state index in [1.807, 2.05) is 13.1 Å². The molecular formula is C7H13BrN3-. The first kappa shape index (κ1) is 10.6. The zero-order valence-electron chi connectivity index (χ0n) is 6.92. The van der Waals surface area contributed by atoms with Crippen LogP contribution in [0, 0.1) is 0 Å². The number of aryl methyl sites for hydroxylation is 2. The fraction of sp³-hybridized carbons (Fsp3) is 0.714. The van der Waals surface area contributed by atoms with Crippen LogP contribution in [0.5, 0.6) is 0 Å². The van der Waals surface area contributed by atoms with Gasteiger partial charge in [0.1, 0.15) is 0 Å². The van der Waals surface area contributed by atoms with Crippen LogP contribution in [-0.2, 0) is 13.0 Å². The molecule has 0 aliphatic heterocycles. The highest BCUT2D eigenvalue weighted by atomic mass is 79.9. The van der Waals surface area contributed by atoms with E-state index >= 15 is 0 Å². The molecule has 0 saturated carbocycles. The topological polar surface area (TPSA) is 30.7 Å². The van der Waals surface area contributed by atoms with Gasteiger partial charge in [-0.2, -0.15) is 15.0 Å². The van der Waals surface area contributed by atoms with Gasteiger partial charge in [0.05, 0.1) is 18.4 Å². The minimum Gasteiger partial charge on any atom is -1.00 e. The van der Waals surface area contributed by atoms with Crippen molar-refractivity contribution in [3.05, 3.63) is 11.9 Å². The normalized spacial score (nSPS) is 9.27. The minimum absolute atomic E-state index is 0. The number of halogens is 1. The van der Waals surface area contributed by atoms with Gasteiger partial charge in [-0.15, -0.1) is 0 Å². The average Bonchev–Trinajstić information content (AvgIpc) is 2.37. The van der Waals surface area contributed by atoms with Gasteiger partial charge < -0.3 is 17.0 Å². The highest BCUT2D eigenvalue weighted by Crippen LogP contribution is 1.95. The van der Waals surface area contributed by atoms with E-state index < -0.39 is 0 Å². The van der Waals surface area contributed by atoms with Crippen molar-refractivity contribution in [3.8, 4) is 0 Å². The Morgan fingerprint density at radius 1 is 1.45 bits per heavy atom. The SMILES string of the molecule is CCCc1cnn(CC)n1.[Br-]. The van der Waals surface area contributed by atoms with Gasteiger partial charge in [-0.1, -0.05) is 13.3 Å². The summed E-state index contributed by atoms with van der Waals surface area (Å²) in [5.41, 5.74) is 1.10. The van der Waals surface area contributed by atoms with E-state index in [9.17, 15) is 0 Å². The standard InChI is InChI=1S/C7H13N3.BrH/c1-3-5-7-6-8-10(4-2)9-7;/h6H,3-5H2,1-2H3;1H/p-1. The zero-order chi connectivity index (χ0) is 7.40. The zero-order valence-corrected chi connectivity index (χ0v) is 8.50. The van der Waals surface area contributed by atoms with Gasteiger partial charge in [-0.3, -0.25) is 0 Å². The van der Waals surface area contributed by atoms with Crippen LogP contribution in [0.15, 0.2) is 6.20 Å². The molecule has 0 N–H and O–H groups in total. The fourth-order valence-electron chi connectivity index (χ4n) is 0.856. The van der Waals surface area contributed by atoms with Gasteiger partial charge in [0, 0.05) is 0 Å². The molecule has 0 aliphatic carbocycles. The summed E-state index contributed by atoms with van der Waals surface area (Å²) in [6.45, 7) is 5.05. The molecule has 64 valence electrons. The van der Waals surface area contributed by atoms with Crippen LogP contribution in [0.1, 0.15) is 26.0 Å². The number of nitrogens with zero attached hydrogens (tertiary/aromatic N) is 3. The maximum absolute atomic E-state index is 4.22. The van der Waals surface area contributed by atoms with Crippen LogP contribution >= 0.6 is 0 Å². The predicted molar refractivity (Wildman–Crippen MR) is 39.7 cm³/mol. The van der Waals surface area contributed by atoms with Crippen LogP contribution in [0.3, 0.4) is 0 Å². The molecule has 1 aromatic heterocycles. The molecule has 0 radical (unpaired) electrons. The molecule has 0 bridgehead atoms. The Morgan fingerprint density at radius 2 is 2.18 bits per heavy atom. The molecule has 0 aliphatic rings. The Labute approximate surface area is 77.6 Å². The molecule has 0 amide bonds. The van der Waals surface area contributed by atoms with Gasteiger partial charge in [0.2, 0.25) is 0 Å². The van der Waals surface area contributed by atoms with Crippen LogP contribution in [0.2, 0.25) is 0 Å². The van der Waals surface area contributed by atoms with Gasteiger partial charge in [-0.05, 0) is 13.3 Å². The summed E-state index contributed by atoms with van der Waals surface area (Å²) in [5.74, 6) is 0. The lowest BCUT2D eigenvalue weighted by molar-refractivity contribution is -0.00000244. The summed E-state index contributed by atoms with van der Waals surface area (Å²) < 4.78 is 0. The molecule has 0 saturated heterocycles. The monoisotopic (exact) mass is 218 g/mol. The highest BCUT2D eigenvalue weighted by molar-refractivity contribution is 4.90. The Morgan fingerprint density at radius 3 is 2.64 bits per heavy atom. The van der Waals surface area contributed by atoms with E-state index in [0.29, 0.717) is 0 Å². The second-order valence-electron chi connectivity index (χ2n) is 2.27. The molecule has 0 spiro atoms. The molecule has 0 atom stereocenters. The molecule has 4 heteroatoms. The van der Waals surface area contributed by atoms with Gasteiger partial charge in [0.15, 0.2) is 0 Å². The Balaban J connectivity index is 0.000001000. The highest BCUT2D eigenvalue weighted by Gasteiger charge is 1.95. The smallest absolute Gasteiger partial charge is 0.0827 e. The van der Waals surface area contributed by atoms with Gasteiger partial charge in [-0.25, -0.2) is 0 Å². The van der Waals surface area contributed by atoms with E-state index in [-0.39, 0.29) is 17.0 Å². The molecule has 0 unspecified atom stereocenters. The number of rotatable bonds is 3. The summed E-state index contributed by atoms with van der Waals surface area (Å²) in [6, 6.07) is 0. The lowest BCUT2D eigenvalue weighted by Gasteiger charge is -1.89. The quantitative estimate of drug-likeness (QED) is 0.604. The van der Waals surface area contributed by atoms with Gasteiger partial charge >= 0.3 is 0 Å². The van der Waals surface area contributed by atoms with E-state index in [1.165, 1.54) is 0 Å². The second kappa shape index (κ2) is 5.29. The first-order chi connectivity index (χ1) is 4.86. The Hall–Kier alpha value is -0.380. The van der Waals surface area contributed by atoms with E-state index in [1.54, 1.807) is 4.80 Å². The average molecular weight is 219 g/mol. The maximum atomic E-state index is 4.22. The largest absolute Gasteiger partial charge is 1.00 e. The minimum atomic E-state index is 0. The summed E-state index contributed by atoms with van der Waals surface area (Å²) in [6.07, 6.45) is 4.02. The Kier molecular flexibility index (Phi) is 5.11. The van der Waals surface area contributed by atoms with Crippen molar-refractivity contribution < 1.29 is 17.0 Å². The molecule has 1 rings (SSSR count).